The van der Waals surface area contributed by atoms with Crippen molar-refractivity contribution in [1.29, 1.82) is 0 Å². The van der Waals surface area contributed by atoms with E-state index in [-0.39, 0.29) is 34.9 Å². The van der Waals surface area contributed by atoms with Gasteiger partial charge in [-0.1, -0.05) is 34.6 Å². The second-order valence-corrected chi connectivity index (χ2v) is 13.0. The molecule has 6 heteroatoms. The zero-order valence-electron chi connectivity index (χ0n) is 21.1. The van der Waals surface area contributed by atoms with Crippen molar-refractivity contribution in [3.8, 4) is 0 Å². The summed E-state index contributed by atoms with van der Waals surface area (Å²) < 4.78 is 18.0. The van der Waals surface area contributed by atoms with Crippen molar-refractivity contribution in [2.24, 2.45) is 33.5 Å². The van der Waals surface area contributed by atoms with Crippen LogP contribution in [0.15, 0.2) is 23.0 Å². The average molecular weight is 469 g/mol. The molecule has 4 aliphatic carbocycles. The molecule has 1 aromatic heterocycles. The average Bonchev–Trinajstić information content (AvgIpc) is 3.24. The van der Waals surface area contributed by atoms with Crippen molar-refractivity contribution in [3.63, 3.8) is 0 Å². The van der Waals surface area contributed by atoms with Gasteiger partial charge in [0.25, 0.3) is 0 Å². The van der Waals surface area contributed by atoms with Crippen molar-refractivity contribution in [2.45, 2.75) is 97.4 Å². The molecule has 5 aliphatic rings. The van der Waals surface area contributed by atoms with Gasteiger partial charge < -0.3 is 13.9 Å². The predicted octanol–water partition coefficient (Wildman–Crippen LogP) is 4.85. The van der Waals surface area contributed by atoms with E-state index in [1.54, 1.807) is 12.5 Å². The lowest BCUT2D eigenvalue weighted by molar-refractivity contribution is -0.247. The fraction of sp³-hybridized carbons (Fsp3) is 0.750. The van der Waals surface area contributed by atoms with Crippen LogP contribution in [0.25, 0.3) is 0 Å². The zero-order valence-corrected chi connectivity index (χ0v) is 21.1. The molecule has 0 radical (unpaired) electrons. The molecule has 2 heterocycles. The second-order valence-electron chi connectivity index (χ2n) is 13.0. The maximum Gasteiger partial charge on any atom is 0.302 e. The van der Waals surface area contributed by atoms with Crippen LogP contribution in [0.4, 0.5) is 0 Å². The van der Waals surface area contributed by atoms with E-state index in [4.69, 9.17) is 13.9 Å². The number of rotatable bonds is 2. The van der Waals surface area contributed by atoms with E-state index >= 15 is 0 Å². The Morgan fingerprint density at radius 1 is 1.09 bits per heavy atom. The highest BCUT2D eigenvalue weighted by Crippen LogP contribution is 2.81. The molecule has 184 valence electrons. The van der Waals surface area contributed by atoms with E-state index in [1.165, 1.54) is 6.92 Å². The van der Waals surface area contributed by atoms with E-state index in [9.17, 15) is 14.4 Å². The lowest BCUT2D eigenvalue weighted by atomic mass is 9.35. The van der Waals surface area contributed by atoms with Gasteiger partial charge in [-0.25, -0.2) is 0 Å². The summed E-state index contributed by atoms with van der Waals surface area (Å²) >= 11 is 0. The summed E-state index contributed by atoms with van der Waals surface area (Å²) in [6, 6.07) is 1.90. The lowest BCUT2D eigenvalue weighted by Gasteiger charge is -2.68. The molecular weight excluding hydrogens is 432 g/mol. The van der Waals surface area contributed by atoms with Crippen LogP contribution in [-0.2, 0) is 23.9 Å². The number of ether oxygens (including phenoxy) is 2. The largest absolute Gasteiger partial charge is 0.472 e. The number of hydrogen-bond acceptors (Lipinski definition) is 6. The molecule has 0 bridgehead atoms. The molecule has 1 saturated heterocycles. The Balaban J connectivity index is 1.52. The van der Waals surface area contributed by atoms with Gasteiger partial charge in [0.05, 0.1) is 18.4 Å². The van der Waals surface area contributed by atoms with E-state index in [0.29, 0.717) is 18.6 Å². The van der Waals surface area contributed by atoms with Gasteiger partial charge in [-0.05, 0) is 49.0 Å². The maximum absolute atomic E-state index is 13.7. The van der Waals surface area contributed by atoms with Crippen LogP contribution in [0, 0.1) is 33.5 Å². The SMILES string of the molecule is CC(=O)O[C@@H]1C[C@H]2C(C)(C)C(=O)CC[C@]2(C)[C@H]2CC[C@@]3(C)[C@H](c4ccoc4)C(=O)[C@H]4O[C@]43[C@@]21C. The Hall–Kier alpha value is -1.95. The smallest absolute Gasteiger partial charge is 0.302 e. The van der Waals surface area contributed by atoms with Crippen molar-refractivity contribution in [1.82, 2.24) is 0 Å². The summed E-state index contributed by atoms with van der Waals surface area (Å²) in [4.78, 5) is 39.2. The van der Waals surface area contributed by atoms with Crippen molar-refractivity contribution < 1.29 is 28.3 Å². The van der Waals surface area contributed by atoms with Crippen LogP contribution in [0.5, 0.6) is 0 Å². The summed E-state index contributed by atoms with van der Waals surface area (Å²) in [5.41, 5.74) is -1.26. The quantitative estimate of drug-likeness (QED) is 0.455. The Morgan fingerprint density at radius 3 is 2.47 bits per heavy atom. The molecule has 0 unspecified atom stereocenters. The third-order valence-electron chi connectivity index (χ3n) is 11.5. The molecule has 9 atom stereocenters. The first-order valence-electron chi connectivity index (χ1n) is 12.8. The summed E-state index contributed by atoms with van der Waals surface area (Å²) in [7, 11) is 0. The van der Waals surface area contributed by atoms with Crippen LogP contribution in [0.2, 0.25) is 0 Å². The second kappa shape index (κ2) is 6.43. The molecule has 5 fully saturated rings. The fourth-order valence-electron chi connectivity index (χ4n) is 10.0. The number of carbonyl (C=O) groups is 3. The molecule has 6 rings (SSSR count). The fourth-order valence-corrected chi connectivity index (χ4v) is 10.0. The number of esters is 1. The molecule has 1 spiro atoms. The van der Waals surface area contributed by atoms with E-state index in [0.717, 1.165) is 24.8 Å². The highest BCUT2D eigenvalue weighted by Gasteiger charge is 2.90. The Labute approximate surface area is 201 Å². The first kappa shape index (κ1) is 22.5. The lowest BCUT2D eigenvalue weighted by Crippen LogP contribution is -2.70. The maximum atomic E-state index is 13.7. The Morgan fingerprint density at radius 2 is 1.82 bits per heavy atom. The summed E-state index contributed by atoms with van der Waals surface area (Å²) in [5, 5.41) is 0. The molecular formula is C28H36O6. The number of carbonyl (C=O) groups excluding carboxylic acids is 3. The van der Waals surface area contributed by atoms with Crippen LogP contribution >= 0.6 is 0 Å². The van der Waals surface area contributed by atoms with E-state index in [2.05, 4.69) is 34.6 Å². The molecule has 34 heavy (non-hydrogen) atoms. The monoisotopic (exact) mass is 468 g/mol. The van der Waals surface area contributed by atoms with Gasteiger partial charge >= 0.3 is 5.97 Å². The number of epoxide rings is 1. The van der Waals surface area contributed by atoms with Gasteiger partial charge in [0.1, 0.15) is 23.6 Å². The molecule has 6 nitrogen and oxygen atoms in total. The zero-order chi connectivity index (χ0) is 24.5. The molecule has 1 aliphatic heterocycles. The first-order chi connectivity index (χ1) is 15.9. The van der Waals surface area contributed by atoms with E-state index in [1.807, 2.05) is 6.07 Å². The number of furan rings is 1. The predicted molar refractivity (Wildman–Crippen MR) is 123 cm³/mol. The minimum Gasteiger partial charge on any atom is -0.472 e. The van der Waals surface area contributed by atoms with Gasteiger partial charge in [0, 0.05) is 35.2 Å². The molecule has 0 N–H and O–H groups in total. The standard InChI is InChI=1S/C28H36O6/c1-15(29)33-20-13-18-24(2,3)19(30)8-10-25(18,4)17-7-11-26(5)21(16-9-12-32-14-16)22(31)23-28(26,34-23)27(17,20)6/h9,12,14,17-18,20-21,23H,7-8,10-11,13H2,1-6H3/t17-,18+,20-,21-,23-,25-,26+,27+,28-/m1/s1. The molecule has 0 aromatic carbocycles. The summed E-state index contributed by atoms with van der Waals surface area (Å²) in [5.74, 6) is 0.128. The topological polar surface area (TPSA) is 86.1 Å². The number of fused-ring (bicyclic) bond motifs is 3. The minimum absolute atomic E-state index is 0.0911. The third kappa shape index (κ3) is 2.25. The number of hydrogen-bond donors (Lipinski definition) is 0. The van der Waals surface area contributed by atoms with Crippen LogP contribution in [0.3, 0.4) is 0 Å². The van der Waals surface area contributed by atoms with Crippen molar-refractivity contribution in [3.05, 3.63) is 24.2 Å². The van der Waals surface area contributed by atoms with Crippen LogP contribution < -0.4 is 0 Å². The first-order valence-corrected chi connectivity index (χ1v) is 12.8. The molecule has 4 saturated carbocycles. The highest BCUT2D eigenvalue weighted by atomic mass is 16.6. The Kier molecular flexibility index (Phi) is 4.26. The van der Waals surface area contributed by atoms with Crippen molar-refractivity contribution in [2.75, 3.05) is 0 Å². The summed E-state index contributed by atoms with van der Waals surface area (Å²) in [6.07, 6.45) is 6.25. The number of ketones is 2. The van der Waals surface area contributed by atoms with Gasteiger partial charge in [-0.3, -0.25) is 14.4 Å². The Bertz CT molecular complexity index is 1090. The molecule has 0 amide bonds. The minimum atomic E-state index is -0.679. The van der Waals surface area contributed by atoms with E-state index < -0.39 is 34.1 Å². The normalized spacial score (nSPS) is 50.6. The molecule has 1 aromatic rings. The van der Waals surface area contributed by atoms with Gasteiger partial charge in [-0.2, -0.15) is 0 Å². The van der Waals surface area contributed by atoms with Crippen LogP contribution in [0.1, 0.15) is 85.1 Å². The highest BCUT2D eigenvalue weighted by molar-refractivity contribution is 5.98. The van der Waals surface area contributed by atoms with Gasteiger partial charge in [0.15, 0.2) is 5.78 Å². The summed E-state index contributed by atoms with van der Waals surface area (Å²) in [6.45, 7) is 12.4. The van der Waals surface area contributed by atoms with Gasteiger partial charge in [-0.15, -0.1) is 0 Å². The third-order valence-corrected chi connectivity index (χ3v) is 11.5. The van der Waals surface area contributed by atoms with Crippen LogP contribution in [-0.4, -0.2) is 35.3 Å². The van der Waals surface area contributed by atoms with Gasteiger partial charge in [0.2, 0.25) is 0 Å². The van der Waals surface area contributed by atoms with Crippen molar-refractivity contribution >= 4 is 17.5 Å². The number of Topliss-reactive ketones (excluding diaryl/α,β-unsaturated/α-hetero) is 2.